The largest absolute Gasteiger partial charge is 0.506 e. The van der Waals surface area contributed by atoms with Crippen LogP contribution in [0.2, 0.25) is 0 Å². The Labute approximate surface area is 92.8 Å². The van der Waals surface area contributed by atoms with Crippen molar-refractivity contribution < 1.29 is 10.2 Å². The van der Waals surface area contributed by atoms with Crippen LogP contribution in [-0.2, 0) is 0 Å². The second-order valence-electron chi connectivity index (χ2n) is 3.55. The van der Waals surface area contributed by atoms with Crippen LogP contribution in [0.3, 0.4) is 0 Å². The molecule has 0 aromatic heterocycles. The van der Waals surface area contributed by atoms with Crippen LogP contribution in [0.5, 0.6) is 11.5 Å². The van der Waals surface area contributed by atoms with E-state index in [0.29, 0.717) is 11.4 Å². The number of nitrogen functional groups attached to an aromatic ring is 2. The van der Waals surface area contributed by atoms with Gasteiger partial charge in [-0.2, -0.15) is 0 Å². The first-order valence-corrected chi connectivity index (χ1v) is 4.75. The molecule has 0 unspecified atom stereocenters. The van der Waals surface area contributed by atoms with Gasteiger partial charge in [-0.25, -0.2) is 0 Å². The molecule has 4 heteroatoms. The van der Waals surface area contributed by atoms with Gasteiger partial charge in [0.1, 0.15) is 11.5 Å². The number of benzene rings is 2. The van der Waals surface area contributed by atoms with E-state index in [2.05, 4.69) is 0 Å². The Hall–Kier alpha value is -2.36. The van der Waals surface area contributed by atoms with Crippen molar-refractivity contribution in [1.29, 1.82) is 0 Å². The molecule has 0 aliphatic carbocycles. The molecule has 0 amide bonds. The van der Waals surface area contributed by atoms with Gasteiger partial charge in [-0.15, -0.1) is 0 Å². The van der Waals surface area contributed by atoms with Crippen LogP contribution < -0.4 is 11.5 Å². The molecule has 0 spiro atoms. The van der Waals surface area contributed by atoms with Crippen LogP contribution in [0.4, 0.5) is 11.4 Å². The SMILES string of the molecule is Nc1cc(-c2ccc(O)c(N)c2)ccc1O. The Morgan fingerprint density at radius 2 is 1.06 bits per heavy atom. The predicted molar refractivity (Wildman–Crippen MR) is 64.0 cm³/mol. The van der Waals surface area contributed by atoms with Gasteiger partial charge in [0, 0.05) is 0 Å². The molecular formula is C12H12N2O2. The van der Waals surface area contributed by atoms with E-state index in [0.717, 1.165) is 11.1 Å². The minimum Gasteiger partial charge on any atom is -0.506 e. The van der Waals surface area contributed by atoms with Crippen molar-refractivity contribution in [2.45, 2.75) is 0 Å². The Morgan fingerprint density at radius 3 is 1.38 bits per heavy atom. The van der Waals surface area contributed by atoms with Gasteiger partial charge in [-0.1, -0.05) is 12.1 Å². The number of nitrogens with two attached hydrogens (primary N) is 2. The third kappa shape index (κ3) is 1.72. The zero-order valence-corrected chi connectivity index (χ0v) is 8.51. The molecule has 0 saturated carbocycles. The van der Waals surface area contributed by atoms with Crippen LogP contribution in [-0.4, -0.2) is 10.2 Å². The predicted octanol–water partition coefficient (Wildman–Crippen LogP) is 1.93. The summed E-state index contributed by atoms with van der Waals surface area (Å²) in [6.45, 7) is 0. The summed E-state index contributed by atoms with van der Waals surface area (Å²) in [5, 5.41) is 18.6. The first-order chi connectivity index (χ1) is 7.58. The topological polar surface area (TPSA) is 92.5 Å². The Bertz CT molecular complexity index is 489. The number of phenols is 2. The van der Waals surface area contributed by atoms with Gasteiger partial charge in [0.2, 0.25) is 0 Å². The Morgan fingerprint density at radius 1 is 0.688 bits per heavy atom. The average molecular weight is 216 g/mol. The highest BCUT2D eigenvalue weighted by Gasteiger charge is 2.04. The Kier molecular flexibility index (Phi) is 2.32. The standard InChI is InChI=1S/C12H12N2O2/c13-9-5-7(1-3-11(9)15)8-2-4-12(16)10(14)6-8/h1-6,15-16H,13-14H2. The number of hydrogen-bond donors (Lipinski definition) is 4. The van der Waals surface area contributed by atoms with Gasteiger partial charge in [0.25, 0.3) is 0 Å². The Balaban J connectivity index is 2.50. The molecule has 0 fully saturated rings. The normalized spacial score (nSPS) is 10.2. The first kappa shape index (κ1) is 10.2. The van der Waals surface area contributed by atoms with Crippen LogP contribution in [0.1, 0.15) is 0 Å². The van der Waals surface area contributed by atoms with Crippen LogP contribution >= 0.6 is 0 Å². The lowest BCUT2D eigenvalue weighted by Gasteiger charge is -2.06. The zero-order valence-electron chi connectivity index (χ0n) is 8.51. The lowest BCUT2D eigenvalue weighted by atomic mass is 10.0. The molecule has 0 radical (unpaired) electrons. The van der Waals surface area contributed by atoms with E-state index < -0.39 is 0 Å². The minimum atomic E-state index is 0.0514. The number of aromatic hydroxyl groups is 2. The van der Waals surface area contributed by atoms with Crippen LogP contribution in [0.15, 0.2) is 36.4 Å². The smallest absolute Gasteiger partial charge is 0.138 e. The zero-order chi connectivity index (χ0) is 11.7. The van der Waals surface area contributed by atoms with Crippen molar-refractivity contribution in [3.05, 3.63) is 36.4 Å². The lowest BCUT2D eigenvalue weighted by molar-refractivity contribution is 0.477. The van der Waals surface area contributed by atoms with Gasteiger partial charge < -0.3 is 21.7 Å². The number of rotatable bonds is 1. The molecule has 6 N–H and O–H groups in total. The van der Waals surface area contributed by atoms with Crippen LogP contribution in [0, 0.1) is 0 Å². The molecule has 2 rings (SSSR count). The number of hydrogen-bond acceptors (Lipinski definition) is 4. The van der Waals surface area contributed by atoms with Gasteiger partial charge in [0.15, 0.2) is 0 Å². The van der Waals surface area contributed by atoms with E-state index in [9.17, 15) is 10.2 Å². The molecule has 0 aliphatic heterocycles. The van der Waals surface area contributed by atoms with E-state index >= 15 is 0 Å². The van der Waals surface area contributed by atoms with Crippen molar-refractivity contribution >= 4 is 11.4 Å². The molecule has 0 bridgehead atoms. The highest BCUT2D eigenvalue weighted by molar-refractivity contribution is 5.74. The molecule has 16 heavy (non-hydrogen) atoms. The monoisotopic (exact) mass is 216 g/mol. The second-order valence-corrected chi connectivity index (χ2v) is 3.55. The molecule has 0 aliphatic rings. The first-order valence-electron chi connectivity index (χ1n) is 4.75. The minimum absolute atomic E-state index is 0.0514. The second kappa shape index (κ2) is 3.66. The summed E-state index contributed by atoms with van der Waals surface area (Å²) in [5.74, 6) is 0.103. The van der Waals surface area contributed by atoms with Crippen molar-refractivity contribution in [3.8, 4) is 22.6 Å². The number of phenolic OH excluding ortho intramolecular Hbond substituents is 2. The van der Waals surface area contributed by atoms with Crippen molar-refractivity contribution in [2.75, 3.05) is 11.5 Å². The van der Waals surface area contributed by atoms with E-state index in [-0.39, 0.29) is 11.5 Å². The lowest BCUT2D eigenvalue weighted by Crippen LogP contribution is -1.89. The molecule has 0 atom stereocenters. The molecular weight excluding hydrogens is 204 g/mol. The summed E-state index contributed by atoms with van der Waals surface area (Å²) in [6, 6.07) is 9.82. The third-order valence-corrected chi connectivity index (χ3v) is 2.39. The maximum atomic E-state index is 9.30. The van der Waals surface area contributed by atoms with Crippen molar-refractivity contribution in [3.63, 3.8) is 0 Å². The van der Waals surface area contributed by atoms with E-state index in [1.165, 1.54) is 12.1 Å². The molecule has 82 valence electrons. The van der Waals surface area contributed by atoms with E-state index in [4.69, 9.17) is 11.5 Å². The maximum Gasteiger partial charge on any atom is 0.138 e. The quantitative estimate of drug-likeness (QED) is 0.433. The summed E-state index contributed by atoms with van der Waals surface area (Å²) in [4.78, 5) is 0. The summed E-state index contributed by atoms with van der Waals surface area (Å²) >= 11 is 0. The van der Waals surface area contributed by atoms with Crippen molar-refractivity contribution in [2.24, 2.45) is 0 Å². The maximum absolute atomic E-state index is 9.30. The summed E-state index contributed by atoms with van der Waals surface area (Å²) in [5.41, 5.74) is 13.5. The summed E-state index contributed by atoms with van der Waals surface area (Å²) in [7, 11) is 0. The molecule has 2 aromatic rings. The number of anilines is 2. The third-order valence-electron chi connectivity index (χ3n) is 2.39. The van der Waals surface area contributed by atoms with Crippen LogP contribution in [0.25, 0.3) is 11.1 Å². The fourth-order valence-electron chi connectivity index (χ4n) is 1.47. The van der Waals surface area contributed by atoms with Gasteiger partial charge in [-0.3, -0.25) is 0 Å². The van der Waals surface area contributed by atoms with Gasteiger partial charge in [-0.05, 0) is 35.4 Å². The fourth-order valence-corrected chi connectivity index (χ4v) is 1.47. The fraction of sp³-hybridized carbons (Fsp3) is 0. The molecule has 0 heterocycles. The van der Waals surface area contributed by atoms with Gasteiger partial charge in [0.05, 0.1) is 11.4 Å². The van der Waals surface area contributed by atoms with Crippen molar-refractivity contribution in [1.82, 2.24) is 0 Å². The average Bonchev–Trinajstić information content (AvgIpc) is 2.26. The van der Waals surface area contributed by atoms with E-state index in [1.54, 1.807) is 24.3 Å². The molecule has 0 saturated heterocycles. The molecule has 2 aromatic carbocycles. The highest BCUT2D eigenvalue weighted by Crippen LogP contribution is 2.31. The molecule has 4 nitrogen and oxygen atoms in total. The summed E-state index contributed by atoms with van der Waals surface area (Å²) in [6.07, 6.45) is 0. The highest BCUT2D eigenvalue weighted by atomic mass is 16.3. The summed E-state index contributed by atoms with van der Waals surface area (Å²) < 4.78 is 0. The van der Waals surface area contributed by atoms with E-state index in [1.807, 2.05) is 0 Å². The van der Waals surface area contributed by atoms with Gasteiger partial charge >= 0.3 is 0 Å².